The molecule has 0 aliphatic heterocycles. The summed E-state index contributed by atoms with van der Waals surface area (Å²) in [5.74, 6) is 0. The molecule has 0 unspecified atom stereocenters. The Morgan fingerprint density at radius 2 is 0.409 bits per heavy atom. The first-order chi connectivity index (χ1) is 55.7. The van der Waals surface area contributed by atoms with Gasteiger partial charge in [0, 0.05) is 0 Å². The zero-order valence-electron chi connectivity index (χ0n) is 63.5. The number of aliphatic hydroxyl groups excluding tert-OH is 1. The van der Waals surface area contributed by atoms with Gasteiger partial charge in [-0.25, -0.2) is 0 Å². The van der Waals surface area contributed by atoms with E-state index in [4.69, 9.17) is 76.9 Å². The predicted molar refractivity (Wildman–Crippen MR) is 506 cm³/mol. The zero-order valence-corrected chi connectivity index (χ0v) is 77.4. The topological polar surface area (TPSA) is 96.2 Å². The third-order valence-electron chi connectivity index (χ3n) is 18.1. The fraction of sp³-hybridized carbons (Fsp3) is 0.0625. The predicted octanol–water partition coefficient (Wildman–Crippen LogP) is 18.3. The number of nitrogens with zero attached hydrogens (tertiary/aromatic N) is 1. The van der Waals surface area contributed by atoms with Crippen LogP contribution in [0.2, 0.25) is 0 Å². The molecular weight excluding hydrogens is 2000 g/mol. The Morgan fingerprint density at radius 1 is 0.278 bits per heavy atom. The first-order valence-corrected chi connectivity index (χ1v) is 64.6. The summed E-state index contributed by atoms with van der Waals surface area (Å²) in [6.07, 6.45) is -3.04. The van der Waals surface area contributed by atoms with E-state index < -0.39 is 75.7 Å². The molecule has 0 heterocycles. The van der Waals surface area contributed by atoms with Gasteiger partial charge in [-0.1, -0.05) is 273 Å². The van der Waals surface area contributed by atoms with Crippen molar-refractivity contribution in [1.82, 2.24) is 7.33 Å². The Bertz CT molecular complexity index is 4300. The maximum absolute atomic E-state index is 8.75. The SMILES string of the molecule is CC(C)(CO)[NH][Pt-]([Cl])([Cl])[Cl].C[N](C(O)(O)O)[Pt-4]([Cl])([Cl])[Cl].c1ccc([P+](c2ccccc2)(c2ccccc2)[P+](c2ccccc2)(c2ccccc2)c2ccccc2)cc1.c1ccc([PH+](c2ccccc2)c2ccccc2)cc1.c1ccc([PH+](c2ccccc2)c2ccccc2)cc1.c1ccc([PH+](c2ccccc2)c2ccccc2)cc1. The maximum atomic E-state index is 8.75. The summed E-state index contributed by atoms with van der Waals surface area (Å²) < 4.78 is 3.29. The van der Waals surface area contributed by atoms with Crippen molar-refractivity contribution >= 4 is 174 Å². The van der Waals surface area contributed by atoms with Crippen LogP contribution in [0.5, 0.6) is 0 Å². The Morgan fingerprint density at radius 3 is 0.496 bits per heavy atom. The van der Waals surface area contributed by atoms with E-state index >= 15 is 0 Å². The van der Waals surface area contributed by atoms with Crippen molar-refractivity contribution in [3.05, 3.63) is 455 Å². The van der Waals surface area contributed by atoms with Gasteiger partial charge in [-0.2, -0.15) is 0 Å². The van der Waals surface area contributed by atoms with E-state index in [1.807, 2.05) is 0 Å². The second-order valence-corrected chi connectivity index (χ2v) is 72.9. The minimum Gasteiger partial charge on any atom is -0.0620 e. The summed E-state index contributed by atoms with van der Waals surface area (Å²) in [7, 11) is 31.2. The van der Waals surface area contributed by atoms with Crippen LogP contribution in [0.15, 0.2) is 455 Å². The van der Waals surface area contributed by atoms with E-state index in [9.17, 15) is 0 Å². The molecule has 15 aromatic carbocycles. The standard InChI is InChI=1S/C36H30P2.3C18H15P.C4H10NO.C2H6NO3.6ClH.2Pt/c1-7-19-31(20-8-1)37(32-21-9-2-10-22-32,33-23-11-3-12-24-33)38(34-25-13-4-14-26-34,35-27-15-5-16-28-35)36-29-17-6-18-30-36;3*1-4-10-16(11-5-1)19(17-12-6-2-7-13-17)18-14-8-3-9-15-18;1-4(2,5)3-6;1-3-2(4,5)6;;;;;;;;/h1-30H;3*1-15H;5-6H,3H2,1-2H3;4-6H,1H3;6*1H;;/q+2;;;;2*-1;;;;;;;;+3/p-3. The van der Waals surface area contributed by atoms with Gasteiger partial charge in [-0.3, -0.25) is 0 Å². The smallest absolute Gasteiger partial charge is 0.0620 e. The fourth-order valence-corrected chi connectivity index (χ4v) is 45.4. The largest absolute Gasteiger partial charge is 0.246 e. The van der Waals surface area contributed by atoms with Crippen LogP contribution in [0.3, 0.4) is 0 Å². The van der Waals surface area contributed by atoms with Crippen LogP contribution >= 0.6 is 94.2 Å². The molecule has 0 aliphatic rings. The van der Waals surface area contributed by atoms with E-state index in [-0.39, 0.29) is 6.61 Å². The minimum atomic E-state index is -3.80. The second kappa shape index (κ2) is 45.5. The van der Waals surface area contributed by atoms with E-state index in [0.29, 0.717) is 3.46 Å². The number of hydrogen-bond donors (Lipinski definition) is 5. The molecule has 0 saturated carbocycles. The molecule has 5 N–H and O–H groups in total. The van der Waals surface area contributed by atoms with E-state index in [0.717, 1.165) is 7.05 Å². The van der Waals surface area contributed by atoms with Gasteiger partial charge in [0.15, 0.2) is 0 Å². The molecule has 0 amide bonds. The third kappa shape index (κ3) is 25.7. The van der Waals surface area contributed by atoms with Crippen LogP contribution in [0.4, 0.5) is 0 Å². The summed E-state index contributed by atoms with van der Waals surface area (Å²) in [6, 6.07) is 165. The summed E-state index contributed by atoms with van der Waals surface area (Å²) in [5, 5.41) is 55.4. The summed E-state index contributed by atoms with van der Waals surface area (Å²) in [5.41, 5.74) is -0.484. The average Bonchev–Trinajstić information content (AvgIpc) is 0.683. The molecule has 0 radical (unpaired) electrons. The van der Waals surface area contributed by atoms with Gasteiger partial charge >= 0.3 is 150 Å². The molecule has 599 valence electrons. The molecular formula is C96H94Cl6N2O4P5Pt2. The first-order valence-electron chi connectivity index (χ1n) is 36.7. The number of nitrogens with one attached hydrogen (secondary N) is 1. The number of benzene rings is 15. The maximum Gasteiger partial charge on any atom is 0.246 e. The molecule has 15 rings (SSSR count). The summed E-state index contributed by atoms with van der Waals surface area (Å²) in [6.45, 7) is -1.18. The molecule has 0 bridgehead atoms. The monoisotopic (exact) mass is 2090 g/mol. The molecule has 15 aromatic rings. The first kappa shape index (κ1) is 90.6. The molecule has 0 spiro atoms. The van der Waals surface area contributed by atoms with Crippen molar-refractivity contribution in [1.29, 1.82) is 0 Å². The molecule has 0 aromatic heterocycles. The van der Waals surface area contributed by atoms with Crippen LogP contribution < -0.4 is 83.4 Å². The van der Waals surface area contributed by atoms with Crippen LogP contribution in [-0.2, 0) is 26.4 Å². The molecule has 6 nitrogen and oxygen atoms in total. The molecule has 115 heavy (non-hydrogen) atoms. The van der Waals surface area contributed by atoms with E-state index in [1.165, 1.54) is 79.6 Å². The van der Waals surface area contributed by atoms with Crippen LogP contribution in [0, 0.1) is 0 Å². The van der Waals surface area contributed by atoms with Gasteiger partial charge < -0.3 is 0 Å². The van der Waals surface area contributed by atoms with Gasteiger partial charge in [0.1, 0.15) is 79.6 Å². The third-order valence-corrected chi connectivity index (χ3v) is 50.3. The van der Waals surface area contributed by atoms with Gasteiger partial charge in [0.2, 0.25) is 13.9 Å². The number of rotatable bonds is 21. The van der Waals surface area contributed by atoms with Crippen LogP contribution in [-0.4, -0.2) is 49.2 Å². The summed E-state index contributed by atoms with van der Waals surface area (Å²) in [4.78, 5) is 0. The van der Waals surface area contributed by atoms with Gasteiger partial charge in [-0.15, -0.1) is 0 Å². The molecule has 0 aliphatic carbocycles. The van der Waals surface area contributed by atoms with Crippen molar-refractivity contribution < 1.29 is 46.8 Å². The Kier molecular flexibility index (Phi) is 35.9. The molecule has 19 heteroatoms. The van der Waals surface area contributed by atoms with E-state index in [1.54, 1.807) is 13.8 Å². The van der Waals surface area contributed by atoms with Crippen molar-refractivity contribution in [2.75, 3.05) is 13.7 Å². The van der Waals surface area contributed by atoms with Gasteiger partial charge in [0.05, 0.1) is 23.8 Å². The second-order valence-electron chi connectivity index (χ2n) is 26.5. The number of halogens is 6. The van der Waals surface area contributed by atoms with Crippen molar-refractivity contribution in [2.45, 2.75) is 25.5 Å². The molecule has 0 atom stereocenters. The average molecular weight is 2100 g/mol. The van der Waals surface area contributed by atoms with Gasteiger partial charge in [0.25, 0.3) is 0 Å². The fourth-order valence-electron chi connectivity index (χ4n) is 13.1. The zero-order chi connectivity index (χ0) is 81.4. The van der Waals surface area contributed by atoms with Crippen LogP contribution in [0.1, 0.15) is 13.8 Å². The number of aliphatic hydroxyl groups is 4. The quantitative estimate of drug-likeness (QED) is 0.0363. The van der Waals surface area contributed by atoms with Crippen molar-refractivity contribution in [2.24, 2.45) is 0 Å². The van der Waals surface area contributed by atoms with Crippen molar-refractivity contribution in [3.63, 3.8) is 0 Å². The molecule has 0 fully saturated rings. The molecule has 0 saturated heterocycles. The Hall–Kier alpha value is -6.67. The minimum absolute atomic E-state index is 0.0373. The van der Waals surface area contributed by atoms with Crippen LogP contribution in [0.25, 0.3) is 0 Å². The summed E-state index contributed by atoms with van der Waals surface area (Å²) >= 11 is -6.99. The number of hydrogen-bond acceptors (Lipinski definition) is 6. The Balaban J connectivity index is 0.000000156. The normalized spacial score (nSPS) is 11.8. The van der Waals surface area contributed by atoms with Gasteiger partial charge in [-0.05, 0) is 182 Å². The Labute approximate surface area is 714 Å². The van der Waals surface area contributed by atoms with Crippen molar-refractivity contribution in [3.8, 4) is 0 Å². The van der Waals surface area contributed by atoms with E-state index in [2.05, 4.69) is 459 Å².